The number of carbonyl (C=O) groups is 1. The fourth-order valence-electron chi connectivity index (χ4n) is 3.29. The third-order valence-corrected chi connectivity index (χ3v) is 4.92. The maximum Gasteiger partial charge on any atom is 0.277 e. The van der Waals surface area contributed by atoms with Crippen LogP contribution in [0.15, 0.2) is 65.3 Å². The maximum atomic E-state index is 13.1. The Labute approximate surface area is 195 Å². The highest BCUT2D eigenvalue weighted by Gasteiger charge is 2.15. The number of hydrogen-bond donors (Lipinski definition) is 3. The van der Waals surface area contributed by atoms with Gasteiger partial charge >= 0.3 is 0 Å². The minimum atomic E-state index is -0.445. The van der Waals surface area contributed by atoms with Crippen molar-refractivity contribution in [2.75, 3.05) is 18.8 Å². The first-order chi connectivity index (χ1) is 15.6. The molecule has 33 heavy (non-hydrogen) atoms. The summed E-state index contributed by atoms with van der Waals surface area (Å²) < 4.78 is 23.6. The number of halogens is 2. The van der Waals surface area contributed by atoms with Crippen molar-refractivity contribution in [3.8, 4) is 5.75 Å². The van der Waals surface area contributed by atoms with E-state index in [0.717, 1.165) is 27.6 Å². The van der Waals surface area contributed by atoms with Gasteiger partial charge < -0.3 is 33.5 Å². The summed E-state index contributed by atoms with van der Waals surface area (Å²) in [6.45, 7) is 1.73. The van der Waals surface area contributed by atoms with Crippen LogP contribution >= 0.6 is 0 Å². The number of hydrogen-bond acceptors (Lipinski definition) is 7. The summed E-state index contributed by atoms with van der Waals surface area (Å²) in [6.07, 6.45) is 0. The number of rotatable bonds is 9. The zero-order chi connectivity index (χ0) is 22.3. The molecule has 0 aliphatic rings. The van der Waals surface area contributed by atoms with Crippen molar-refractivity contribution in [2.45, 2.75) is 13.2 Å². The number of anilines is 1. The predicted octanol–water partition coefficient (Wildman–Crippen LogP) is 0.0467. The van der Waals surface area contributed by atoms with Gasteiger partial charge in [-0.3, -0.25) is 4.79 Å². The van der Waals surface area contributed by atoms with Crippen LogP contribution in [0.4, 0.5) is 10.2 Å². The smallest absolute Gasteiger partial charge is 0.277 e. The number of benzene rings is 3. The van der Waals surface area contributed by atoms with Crippen molar-refractivity contribution in [1.29, 1.82) is 0 Å². The van der Waals surface area contributed by atoms with E-state index < -0.39 is 5.91 Å². The molecule has 8 nitrogen and oxygen atoms in total. The standard InChI is InChI=1S/C23H22FN5O3.ClH/c24-17-8-5-15(6-9-17)14-31-20-10-7-16-3-1-2-4-18(16)19(20)13-26-11-12-27-23(30)21-22(25)29-32-28-21;/h1-10,26H,11-14H2,(H2,25,29)(H,27,30);1H/p-1. The fraction of sp³-hybridized carbons (Fsp3) is 0.174. The normalized spacial score (nSPS) is 10.6. The van der Waals surface area contributed by atoms with Gasteiger partial charge in [-0.25, -0.2) is 9.02 Å². The van der Waals surface area contributed by atoms with Crippen molar-refractivity contribution in [1.82, 2.24) is 20.9 Å². The van der Waals surface area contributed by atoms with Crippen LogP contribution in [0.25, 0.3) is 10.8 Å². The molecule has 10 heteroatoms. The van der Waals surface area contributed by atoms with Crippen LogP contribution in [-0.4, -0.2) is 29.3 Å². The van der Waals surface area contributed by atoms with Gasteiger partial charge in [0.05, 0.1) is 0 Å². The van der Waals surface area contributed by atoms with Crippen LogP contribution in [0, 0.1) is 5.82 Å². The van der Waals surface area contributed by atoms with Gasteiger partial charge in [0.25, 0.3) is 5.91 Å². The molecular weight excluding hydrogens is 449 g/mol. The van der Waals surface area contributed by atoms with E-state index in [4.69, 9.17) is 10.5 Å². The Bertz CT molecular complexity index is 1220. The van der Waals surface area contributed by atoms with Crippen molar-refractivity contribution < 1.29 is 31.0 Å². The molecule has 4 rings (SSSR count). The number of amides is 1. The Balaban J connectivity index is 0.00000306. The van der Waals surface area contributed by atoms with E-state index >= 15 is 0 Å². The van der Waals surface area contributed by atoms with Crippen LogP contribution in [0.5, 0.6) is 5.75 Å². The van der Waals surface area contributed by atoms with E-state index in [1.165, 1.54) is 12.1 Å². The SMILES string of the molecule is Nc1nonc1C(=O)NCCNCc1c(OCc2ccc(F)cc2)ccc2ccccc12.[Cl-]. The molecule has 0 aliphatic heterocycles. The minimum absolute atomic E-state index is 0. The zero-order valence-electron chi connectivity index (χ0n) is 17.6. The molecule has 4 N–H and O–H groups in total. The lowest BCUT2D eigenvalue weighted by Gasteiger charge is -2.15. The summed E-state index contributed by atoms with van der Waals surface area (Å²) in [7, 11) is 0. The van der Waals surface area contributed by atoms with Gasteiger partial charge in [-0.1, -0.05) is 42.5 Å². The molecule has 0 aliphatic carbocycles. The predicted molar refractivity (Wildman–Crippen MR) is 117 cm³/mol. The summed E-state index contributed by atoms with van der Waals surface area (Å²) >= 11 is 0. The van der Waals surface area contributed by atoms with Gasteiger partial charge in [0.1, 0.15) is 18.2 Å². The first-order valence-electron chi connectivity index (χ1n) is 10.1. The molecule has 0 fully saturated rings. The largest absolute Gasteiger partial charge is 1.00 e. The zero-order valence-corrected chi connectivity index (χ0v) is 18.3. The molecule has 1 aromatic heterocycles. The Morgan fingerprint density at radius 3 is 2.58 bits per heavy atom. The van der Waals surface area contributed by atoms with Crippen LogP contribution < -0.4 is 33.5 Å². The second kappa shape index (κ2) is 11.3. The van der Waals surface area contributed by atoms with E-state index in [-0.39, 0.29) is 29.7 Å². The van der Waals surface area contributed by atoms with Gasteiger partial charge in [0, 0.05) is 25.2 Å². The van der Waals surface area contributed by atoms with Gasteiger partial charge in [-0.2, -0.15) is 0 Å². The van der Waals surface area contributed by atoms with Crippen molar-refractivity contribution in [2.24, 2.45) is 0 Å². The first-order valence-corrected chi connectivity index (χ1v) is 10.1. The number of nitrogens with two attached hydrogens (primary N) is 1. The lowest BCUT2D eigenvalue weighted by atomic mass is 10.0. The summed E-state index contributed by atoms with van der Waals surface area (Å²) in [5.74, 6) is -0.0295. The monoisotopic (exact) mass is 470 g/mol. The Kier molecular flexibility index (Phi) is 8.17. The molecule has 0 atom stereocenters. The second-order valence-electron chi connectivity index (χ2n) is 7.11. The summed E-state index contributed by atoms with van der Waals surface area (Å²) in [6, 6.07) is 18.2. The fourth-order valence-corrected chi connectivity index (χ4v) is 3.29. The highest BCUT2D eigenvalue weighted by Crippen LogP contribution is 2.28. The van der Waals surface area contributed by atoms with Gasteiger partial charge in [0.15, 0.2) is 0 Å². The molecule has 1 heterocycles. The number of nitrogens with zero attached hydrogens (tertiary/aromatic N) is 2. The van der Waals surface area contributed by atoms with Crippen LogP contribution in [0.3, 0.4) is 0 Å². The van der Waals surface area contributed by atoms with E-state index in [9.17, 15) is 9.18 Å². The number of nitrogen functional groups attached to an aromatic ring is 1. The number of ether oxygens (including phenoxy) is 1. The Hall–Kier alpha value is -3.69. The number of aromatic nitrogens is 2. The molecule has 0 radical (unpaired) electrons. The summed E-state index contributed by atoms with van der Waals surface area (Å²) in [5, 5.41) is 15.1. The van der Waals surface area contributed by atoms with Crippen molar-refractivity contribution in [3.63, 3.8) is 0 Å². The second-order valence-corrected chi connectivity index (χ2v) is 7.11. The Morgan fingerprint density at radius 1 is 1.03 bits per heavy atom. The Morgan fingerprint density at radius 2 is 1.82 bits per heavy atom. The molecule has 0 unspecified atom stereocenters. The van der Waals surface area contributed by atoms with Gasteiger partial charge in [-0.15, -0.1) is 0 Å². The number of carbonyl (C=O) groups excluding carboxylic acids is 1. The van der Waals surface area contributed by atoms with Crippen LogP contribution in [0.1, 0.15) is 21.6 Å². The minimum Gasteiger partial charge on any atom is -1.00 e. The molecule has 3 aromatic carbocycles. The highest BCUT2D eigenvalue weighted by atomic mass is 35.5. The molecule has 0 saturated heterocycles. The molecule has 172 valence electrons. The topological polar surface area (TPSA) is 115 Å². The highest BCUT2D eigenvalue weighted by molar-refractivity contribution is 5.95. The third-order valence-electron chi connectivity index (χ3n) is 4.92. The van der Waals surface area contributed by atoms with E-state index in [2.05, 4.69) is 25.6 Å². The molecular formula is C23H22ClFN5O3-. The van der Waals surface area contributed by atoms with Gasteiger partial charge in [-0.05, 0) is 44.8 Å². The molecule has 1 amide bonds. The van der Waals surface area contributed by atoms with Crippen molar-refractivity contribution in [3.05, 3.63) is 83.3 Å². The third kappa shape index (κ3) is 5.97. The van der Waals surface area contributed by atoms with E-state index in [1.807, 2.05) is 36.4 Å². The molecule has 0 saturated carbocycles. The lowest BCUT2D eigenvalue weighted by molar-refractivity contribution is -0.0000162. The first kappa shape index (κ1) is 24.0. The van der Waals surface area contributed by atoms with E-state index in [1.54, 1.807) is 12.1 Å². The van der Waals surface area contributed by atoms with Gasteiger partial charge in [0.2, 0.25) is 11.5 Å². The molecule has 4 aromatic rings. The van der Waals surface area contributed by atoms with Crippen LogP contribution in [-0.2, 0) is 13.2 Å². The summed E-state index contributed by atoms with van der Waals surface area (Å²) in [5.41, 5.74) is 7.37. The molecule has 0 bridgehead atoms. The van der Waals surface area contributed by atoms with E-state index in [0.29, 0.717) is 26.2 Å². The number of nitrogens with one attached hydrogen (secondary N) is 2. The number of fused-ring (bicyclic) bond motifs is 1. The quantitative estimate of drug-likeness (QED) is 0.296. The lowest BCUT2D eigenvalue weighted by Crippen LogP contribution is -3.00. The molecule has 0 spiro atoms. The maximum absolute atomic E-state index is 13.1. The van der Waals surface area contributed by atoms with Crippen LogP contribution in [0.2, 0.25) is 0 Å². The average Bonchev–Trinajstić information content (AvgIpc) is 3.24. The average molecular weight is 471 g/mol. The summed E-state index contributed by atoms with van der Waals surface area (Å²) in [4.78, 5) is 12.0. The van der Waals surface area contributed by atoms with Crippen molar-refractivity contribution >= 4 is 22.5 Å².